The number of fused-ring (bicyclic) bond motifs is 2. The molecular formula is C21H21N5O2. The lowest BCUT2D eigenvalue weighted by Crippen LogP contribution is -2.28. The highest BCUT2D eigenvalue weighted by Gasteiger charge is 2.15. The number of aromatic nitrogens is 4. The minimum atomic E-state index is -0.194. The van der Waals surface area contributed by atoms with Crippen molar-refractivity contribution in [2.24, 2.45) is 7.05 Å². The molecule has 7 nitrogen and oxygen atoms in total. The molecule has 4 aromatic rings. The number of nitrogens with zero attached hydrogens (tertiary/aromatic N) is 4. The molecule has 7 heteroatoms. The van der Waals surface area contributed by atoms with Gasteiger partial charge in [-0.15, -0.1) is 0 Å². The molecule has 3 aromatic heterocycles. The number of aryl methyl sites for hydroxylation is 3. The van der Waals surface area contributed by atoms with E-state index in [4.69, 9.17) is 4.74 Å². The third kappa shape index (κ3) is 3.26. The molecule has 1 aromatic carbocycles. The number of amides is 1. The van der Waals surface area contributed by atoms with E-state index in [0.717, 1.165) is 22.4 Å². The van der Waals surface area contributed by atoms with Gasteiger partial charge < -0.3 is 14.6 Å². The number of benzene rings is 1. The second-order valence-corrected chi connectivity index (χ2v) is 6.63. The predicted molar refractivity (Wildman–Crippen MR) is 108 cm³/mol. The molecule has 0 fully saturated rings. The van der Waals surface area contributed by atoms with Crippen LogP contribution in [0.15, 0.2) is 42.6 Å². The Bertz CT molecular complexity index is 1180. The summed E-state index contributed by atoms with van der Waals surface area (Å²) in [5.74, 6) is 1.33. The van der Waals surface area contributed by atoms with E-state index in [-0.39, 0.29) is 5.91 Å². The molecule has 28 heavy (non-hydrogen) atoms. The Hall–Kier alpha value is -3.48. The highest BCUT2D eigenvalue weighted by molar-refractivity contribution is 6.04. The maximum absolute atomic E-state index is 12.6. The molecule has 0 saturated heterocycles. The van der Waals surface area contributed by atoms with Crippen LogP contribution in [0.1, 0.15) is 21.9 Å². The first-order chi connectivity index (χ1) is 13.5. The normalized spacial score (nSPS) is 11.1. The van der Waals surface area contributed by atoms with Crippen LogP contribution in [0.5, 0.6) is 5.75 Å². The van der Waals surface area contributed by atoms with Crippen molar-refractivity contribution in [2.75, 3.05) is 13.2 Å². The fraction of sp³-hybridized carbons (Fsp3) is 0.238. The van der Waals surface area contributed by atoms with Crippen molar-refractivity contribution >= 4 is 28.0 Å². The van der Waals surface area contributed by atoms with E-state index in [9.17, 15) is 4.79 Å². The minimum absolute atomic E-state index is 0.194. The SMILES string of the molecule is Cc1ccc2cccc(OCCNC(=O)c3ccnc4c3nc(C)n4C)c2n1. The van der Waals surface area contributed by atoms with E-state index in [1.54, 1.807) is 12.3 Å². The van der Waals surface area contributed by atoms with Crippen molar-refractivity contribution in [2.45, 2.75) is 13.8 Å². The van der Waals surface area contributed by atoms with Crippen LogP contribution in [0.2, 0.25) is 0 Å². The van der Waals surface area contributed by atoms with Gasteiger partial charge in [-0.1, -0.05) is 18.2 Å². The van der Waals surface area contributed by atoms with Gasteiger partial charge in [-0.25, -0.2) is 15.0 Å². The Morgan fingerprint density at radius 3 is 2.82 bits per heavy atom. The van der Waals surface area contributed by atoms with Crippen LogP contribution in [0.4, 0.5) is 0 Å². The maximum atomic E-state index is 12.6. The van der Waals surface area contributed by atoms with E-state index in [2.05, 4.69) is 20.3 Å². The summed E-state index contributed by atoms with van der Waals surface area (Å²) in [5, 5.41) is 3.91. The van der Waals surface area contributed by atoms with Gasteiger partial charge in [0.1, 0.15) is 29.2 Å². The Morgan fingerprint density at radius 2 is 1.96 bits per heavy atom. The van der Waals surface area contributed by atoms with Gasteiger partial charge >= 0.3 is 0 Å². The topological polar surface area (TPSA) is 81.9 Å². The molecule has 0 aliphatic heterocycles. The van der Waals surface area contributed by atoms with Crippen molar-refractivity contribution in [1.82, 2.24) is 24.8 Å². The Morgan fingerprint density at radius 1 is 1.11 bits per heavy atom. The van der Waals surface area contributed by atoms with E-state index in [1.165, 1.54) is 0 Å². The van der Waals surface area contributed by atoms with E-state index < -0.39 is 0 Å². The molecule has 142 valence electrons. The molecular weight excluding hydrogens is 354 g/mol. The first-order valence-corrected chi connectivity index (χ1v) is 9.10. The molecule has 0 aliphatic carbocycles. The Labute approximate surface area is 162 Å². The predicted octanol–water partition coefficient (Wildman–Crippen LogP) is 2.94. The summed E-state index contributed by atoms with van der Waals surface area (Å²) in [6, 6.07) is 11.5. The molecule has 3 heterocycles. The Kier molecular flexibility index (Phi) is 4.65. The number of ether oxygens (including phenoxy) is 1. The summed E-state index contributed by atoms with van der Waals surface area (Å²) in [6.45, 7) is 4.55. The summed E-state index contributed by atoms with van der Waals surface area (Å²) in [4.78, 5) is 25.9. The van der Waals surface area contributed by atoms with E-state index in [0.29, 0.717) is 35.6 Å². The number of rotatable bonds is 5. The molecule has 0 saturated carbocycles. The summed E-state index contributed by atoms with van der Waals surface area (Å²) < 4.78 is 7.73. The van der Waals surface area contributed by atoms with Crippen LogP contribution in [-0.4, -0.2) is 38.6 Å². The van der Waals surface area contributed by atoms with Gasteiger partial charge in [-0.05, 0) is 32.0 Å². The molecule has 1 amide bonds. The number of nitrogens with one attached hydrogen (secondary N) is 1. The van der Waals surface area contributed by atoms with E-state index in [1.807, 2.05) is 55.8 Å². The van der Waals surface area contributed by atoms with Gasteiger partial charge in [0.15, 0.2) is 5.65 Å². The number of imidazole rings is 1. The van der Waals surface area contributed by atoms with Gasteiger partial charge in [-0.2, -0.15) is 0 Å². The van der Waals surface area contributed by atoms with Gasteiger partial charge in [0.2, 0.25) is 0 Å². The number of pyridine rings is 2. The number of para-hydroxylation sites is 1. The van der Waals surface area contributed by atoms with Crippen LogP contribution >= 0.6 is 0 Å². The number of hydrogen-bond acceptors (Lipinski definition) is 5. The van der Waals surface area contributed by atoms with Gasteiger partial charge in [0.25, 0.3) is 5.91 Å². The van der Waals surface area contributed by atoms with Crippen molar-refractivity contribution in [3.63, 3.8) is 0 Å². The fourth-order valence-electron chi connectivity index (χ4n) is 3.13. The fourth-order valence-corrected chi connectivity index (χ4v) is 3.13. The zero-order valence-electron chi connectivity index (χ0n) is 16.1. The third-order valence-electron chi connectivity index (χ3n) is 4.69. The van der Waals surface area contributed by atoms with Crippen LogP contribution in [0.25, 0.3) is 22.1 Å². The largest absolute Gasteiger partial charge is 0.489 e. The molecule has 0 spiro atoms. The highest BCUT2D eigenvalue weighted by Crippen LogP contribution is 2.23. The number of carbonyl (C=O) groups excluding carboxylic acids is 1. The first kappa shape index (κ1) is 17.9. The summed E-state index contributed by atoms with van der Waals surface area (Å²) in [5.41, 5.74) is 3.57. The van der Waals surface area contributed by atoms with Crippen LogP contribution < -0.4 is 10.1 Å². The van der Waals surface area contributed by atoms with Crippen LogP contribution in [0.3, 0.4) is 0 Å². The van der Waals surface area contributed by atoms with Crippen molar-refractivity contribution in [3.8, 4) is 5.75 Å². The molecule has 0 atom stereocenters. The second kappa shape index (κ2) is 7.26. The van der Waals surface area contributed by atoms with Gasteiger partial charge in [0.05, 0.1) is 12.1 Å². The first-order valence-electron chi connectivity index (χ1n) is 9.10. The van der Waals surface area contributed by atoms with E-state index >= 15 is 0 Å². The monoisotopic (exact) mass is 375 g/mol. The van der Waals surface area contributed by atoms with Crippen molar-refractivity contribution in [3.05, 3.63) is 59.7 Å². The van der Waals surface area contributed by atoms with Gasteiger partial charge in [-0.3, -0.25) is 4.79 Å². The molecule has 1 N–H and O–H groups in total. The van der Waals surface area contributed by atoms with Gasteiger partial charge in [0, 0.05) is 24.3 Å². The zero-order chi connectivity index (χ0) is 19.7. The lowest BCUT2D eigenvalue weighted by Gasteiger charge is -2.10. The number of carbonyl (C=O) groups is 1. The molecule has 4 rings (SSSR count). The summed E-state index contributed by atoms with van der Waals surface area (Å²) >= 11 is 0. The smallest absolute Gasteiger partial charge is 0.253 e. The minimum Gasteiger partial charge on any atom is -0.489 e. The lowest BCUT2D eigenvalue weighted by atomic mass is 10.2. The summed E-state index contributed by atoms with van der Waals surface area (Å²) in [7, 11) is 1.88. The maximum Gasteiger partial charge on any atom is 0.253 e. The van der Waals surface area contributed by atoms with Crippen LogP contribution in [-0.2, 0) is 7.05 Å². The zero-order valence-corrected chi connectivity index (χ0v) is 16.1. The molecule has 0 radical (unpaired) electrons. The summed E-state index contributed by atoms with van der Waals surface area (Å²) in [6.07, 6.45) is 1.62. The van der Waals surface area contributed by atoms with Crippen molar-refractivity contribution in [1.29, 1.82) is 0 Å². The average Bonchev–Trinajstić information content (AvgIpc) is 2.99. The average molecular weight is 375 g/mol. The number of hydrogen-bond donors (Lipinski definition) is 1. The molecule has 0 bridgehead atoms. The Balaban J connectivity index is 1.43. The lowest BCUT2D eigenvalue weighted by molar-refractivity contribution is 0.0948. The molecule has 0 unspecified atom stereocenters. The standard InChI is InChI=1S/C21H21N5O2/c1-13-7-8-15-5-4-6-17(18(15)24-13)28-12-11-23-21(27)16-9-10-22-20-19(16)25-14(2)26(20)3/h4-10H,11-12H2,1-3H3,(H,23,27). The second-order valence-electron chi connectivity index (χ2n) is 6.63. The molecule has 0 aliphatic rings. The highest BCUT2D eigenvalue weighted by atomic mass is 16.5. The van der Waals surface area contributed by atoms with Crippen molar-refractivity contribution < 1.29 is 9.53 Å². The third-order valence-corrected chi connectivity index (χ3v) is 4.69. The van der Waals surface area contributed by atoms with Crippen LogP contribution in [0, 0.1) is 13.8 Å². The quantitative estimate of drug-likeness (QED) is 0.543.